The Bertz CT molecular complexity index is 719. The molecule has 0 spiro atoms. The monoisotopic (exact) mass is 261 g/mol. The molecule has 0 fully saturated rings. The smallest absolute Gasteiger partial charge is 0.423 e. The molecule has 20 heavy (non-hydrogen) atoms. The van der Waals surface area contributed by atoms with Gasteiger partial charge in [0.1, 0.15) is 0 Å². The molecule has 2 aromatic carbocycles. The molecule has 0 saturated carbocycles. The first kappa shape index (κ1) is 12.7. The highest BCUT2D eigenvalue weighted by molar-refractivity contribution is 6.61. The van der Waals surface area contributed by atoms with Crippen molar-refractivity contribution in [1.82, 2.24) is 0 Å². The molecule has 3 nitrogen and oxygen atoms in total. The Kier molecular flexibility index (Phi) is 3.38. The van der Waals surface area contributed by atoms with Gasteiger partial charge in [0.05, 0.1) is 18.2 Å². The molecule has 4 heteroatoms. The van der Waals surface area contributed by atoms with Gasteiger partial charge in [0.25, 0.3) is 0 Å². The maximum Gasteiger partial charge on any atom is 0.491 e. The summed E-state index contributed by atoms with van der Waals surface area (Å²) in [6.07, 6.45) is 3.95. The van der Waals surface area contributed by atoms with Gasteiger partial charge in [0.15, 0.2) is 0 Å². The second kappa shape index (κ2) is 5.34. The number of nitriles is 1. The molecule has 0 bridgehead atoms. The van der Waals surface area contributed by atoms with Gasteiger partial charge in [-0.3, -0.25) is 0 Å². The molecule has 0 unspecified atom stereocenters. The third kappa shape index (κ3) is 2.50. The summed E-state index contributed by atoms with van der Waals surface area (Å²) >= 11 is 0. The molecule has 0 atom stereocenters. The van der Waals surface area contributed by atoms with Crippen LogP contribution in [0.4, 0.5) is 0 Å². The molecule has 1 aliphatic rings. The lowest BCUT2D eigenvalue weighted by atomic mass is 9.79. The number of nitrogens with zero attached hydrogens (tertiary/aromatic N) is 1. The highest BCUT2D eigenvalue weighted by atomic mass is 16.5. The molecular weight excluding hydrogens is 249 g/mol. The van der Waals surface area contributed by atoms with E-state index in [1.54, 1.807) is 6.07 Å². The van der Waals surface area contributed by atoms with Crippen LogP contribution in [-0.4, -0.2) is 12.1 Å². The van der Waals surface area contributed by atoms with Gasteiger partial charge in [-0.25, -0.2) is 0 Å². The second-order valence-corrected chi connectivity index (χ2v) is 4.69. The standard InChI is InChI=1S/C16H12BNO2/c18-10-14-3-1-2-12(8-14)4-5-13-6-7-16-15(9-13)11-20-17(16)19/h1-9,19H,11H2/b5-4+. The van der Waals surface area contributed by atoms with Crippen molar-refractivity contribution >= 4 is 24.7 Å². The molecule has 1 N–H and O–H groups in total. The maximum atomic E-state index is 9.57. The van der Waals surface area contributed by atoms with Gasteiger partial charge in [-0.1, -0.05) is 36.4 Å². The van der Waals surface area contributed by atoms with Crippen LogP contribution in [0.25, 0.3) is 12.2 Å². The van der Waals surface area contributed by atoms with Crippen molar-refractivity contribution in [2.45, 2.75) is 6.61 Å². The molecule has 0 aliphatic carbocycles. The Morgan fingerprint density at radius 1 is 1.15 bits per heavy atom. The molecule has 0 saturated heterocycles. The average molecular weight is 261 g/mol. The van der Waals surface area contributed by atoms with E-state index in [-0.39, 0.29) is 0 Å². The molecule has 0 amide bonds. The van der Waals surface area contributed by atoms with E-state index in [0.29, 0.717) is 12.2 Å². The minimum absolute atomic E-state index is 0.447. The first-order valence-corrected chi connectivity index (χ1v) is 6.37. The lowest BCUT2D eigenvalue weighted by Crippen LogP contribution is -2.27. The fourth-order valence-electron chi connectivity index (χ4n) is 2.26. The Balaban J connectivity index is 1.84. The predicted molar refractivity (Wildman–Crippen MR) is 78.9 cm³/mol. The van der Waals surface area contributed by atoms with Gasteiger partial charge in [0.2, 0.25) is 0 Å². The third-order valence-electron chi connectivity index (χ3n) is 3.31. The molecule has 2 aromatic rings. The van der Waals surface area contributed by atoms with Gasteiger partial charge < -0.3 is 9.68 Å². The molecule has 1 aliphatic heterocycles. The normalized spacial score (nSPS) is 13.5. The Morgan fingerprint density at radius 3 is 2.75 bits per heavy atom. The minimum atomic E-state index is -0.796. The summed E-state index contributed by atoms with van der Waals surface area (Å²) in [4.78, 5) is 0. The molecule has 0 aromatic heterocycles. The zero-order valence-corrected chi connectivity index (χ0v) is 10.8. The van der Waals surface area contributed by atoms with Crippen LogP contribution in [-0.2, 0) is 11.3 Å². The lowest BCUT2D eigenvalue weighted by Gasteiger charge is -2.00. The average Bonchev–Trinajstić information content (AvgIpc) is 2.86. The van der Waals surface area contributed by atoms with E-state index in [1.165, 1.54) is 0 Å². The van der Waals surface area contributed by atoms with Crippen LogP contribution >= 0.6 is 0 Å². The van der Waals surface area contributed by atoms with E-state index >= 15 is 0 Å². The van der Waals surface area contributed by atoms with E-state index in [1.807, 2.05) is 48.6 Å². The number of hydrogen-bond donors (Lipinski definition) is 1. The van der Waals surface area contributed by atoms with Gasteiger partial charge in [-0.15, -0.1) is 0 Å². The van der Waals surface area contributed by atoms with Crippen LogP contribution < -0.4 is 5.46 Å². The Morgan fingerprint density at radius 2 is 1.95 bits per heavy atom. The van der Waals surface area contributed by atoms with Gasteiger partial charge in [-0.05, 0) is 40.4 Å². The van der Waals surface area contributed by atoms with Crippen LogP contribution in [0.5, 0.6) is 0 Å². The van der Waals surface area contributed by atoms with E-state index < -0.39 is 7.12 Å². The second-order valence-electron chi connectivity index (χ2n) is 4.69. The van der Waals surface area contributed by atoms with E-state index in [0.717, 1.165) is 22.2 Å². The van der Waals surface area contributed by atoms with Crippen LogP contribution in [0.15, 0.2) is 42.5 Å². The van der Waals surface area contributed by atoms with Crippen molar-refractivity contribution in [2.75, 3.05) is 0 Å². The van der Waals surface area contributed by atoms with Crippen LogP contribution in [0.2, 0.25) is 0 Å². The lowest BCUT2D eigenvalue weighted by molar-refractivity contribution is 0.275. The van der Waals surface area contributed by atoms with E-state index in [2.05, 4.69) is 6.07 Å². The summed E-state index contributed by atoms with van der Waals surface area (Å²) in [5.74, 6) is 0. The molecular formula is C16H12BNO2. The first-order chi connectivity index (χ1) is 9.76. The van der Waals surface area contributed by atoms with Crippen molar-refractivity contribution < 1.29 is 9.68 Å². The van der Waals surface area contributed by atoms with Crippen LogP contribution in [0, 0.1) is 11.3 Å². The molecule has 96 valence electrons. The van der Waals surface area contributed by atoms with Crippen LogP contribution in [0.1, 0.15) is 22.3 Å². The topological polar surface area (TPSA) is 53.2 Å². The minimum Gasteiger partial charge on any atom is -0.423 e. The fraction of sp³-hybridized carbons (Fsp3) is 0.0625. The number of hydrogen-bond acceptors (Lipinski definition) is 3. The Hall–Kier alpha value is -2.35. The number of fused-ring (bicyclic) bond motifs is 1. The molecule has 3 rings (SSSR count). The SMILES string of the molecule is N#Cc1cccc(/C=C/c2ccc3c(c2)COB3O)c1. The zero-order chi connectivity index (χ0) is 13.9. The van der Waals surface area contributed by atoms with Crippen molar-refractivity contribution in [1.29, 1.82) is 5.26 Å². The molecule has 0 radical (unpaired) electrons. The van der Waals surface area contributed by atoms with Gasteiger partial charge in [-0.2, -0.15) is 5.26 Å². The van der Waals surface area contributed by atoms with Crippen molar-refractivity contribution in [3.8, 4) is 6.07 Å². The van der Waals surface area contributed by atoms with Crippen molar-refractivity contribution in [3.05, 3.63) is 64.7 Å². The highest BCUT2D eigenvalue weighted by Gasteiger charge is 2.26. The number of benzene rings is 2. The quantitative estimate of drug-likeness (QED) is 0.664. The summed E-state index contributed by atoms with van der Waals surface area (Å²) in [5.41, 5.74) is 4.54. The zero-order valence-electron chi connectivity index (χ0n) is 10.8. The summed E-state index contributed by atoms with van der Waals surface area (Å²) in [7, 11) is -0.796. The van der Waals surface area contributed by atoms with Crippen molar-refractivity contribution in [2.24, 2.45) is 0 Å². The van der Waals surface area contributed by atoms with Crippen molar-refractivity contribution in [3.63, 3.8) is 0 Å². The van der Waals surface area contributed by atoms with Gasteiger partial charge in [0, 0.05) is 0 Å². The summed E-state index contributed by atoms with van der Waals surface area (Å²) < 4.78 is 5.17. The van der Waals surface area contributed by atoms with E-state index in [4.69, 9.17) is 9.92 Å². The fourth-order valence-corrected chi connectivity index (χ4v) is 2.26. The van der Waals surface area contributed by atoms with E-state index in [9.17, 15) is 5.02 Å². The molecule has 1 heterocycles. The summed E-state index contributed by atoms with van der Waals surface area (Å²) in [6, 6.07) is 15.4. The summed E-state index contributed by atoms with van der Waals surface area (Å²) in [6.45, 7) is 0.447. The predicted octanol–water partition coefficient (Wildman–Crippen LogP) is 1.95. The Labute approximate surface area is 117 Å². The summed E-state index contributed by atoms with van der Waals surface area (Å²) in [5, 5.41) is 18.4. The maximum absolute atomic E-state index is 9.57. The largest absolute Gasteiger partial charge is 0.491 e. The highest BCUT2D eigenvalue weighted by Crippen LogP contribution is 2.15. The first-order valence-electron chi connectivity index (χ1n) is 6.37. The van der Waals surface area contributed by atoms with Crippen LogP contribution in [0.3, 0.4) is 0 Å². The van der Waals surface area contributed by atoms with Gasteiger partial charge >= 0.3 is 7.12 Å². The number of rotatable bonds is 2. The third-order valence-corrected chi connectivity index (χ3v) is 3.31.